The van der Waals surface area contributed by atoms with Gasteiger partial charge in [0, 0.05) is 36.1 Å². The first kappa shape index (κ1) is 16.3. The van der Waals surface area contributed by atoms with E-state index in [1.165, 1.54) is 0 Å². The molecule has 1 heterocycles. The van der Waals surface area contributed by atoms with E-state index in [9.17, 15) is 4.79 Å². The third-order valence-electron chi connectivity index (χ3n) is 3.76. The molecule has 0 radical (unpaired) electrons. The molecule has 0 unspecified atom stereocenters. The number of hydrogen-bond acceptors (Lipinski definition) is 3. The quantitative estimate of drug-likeness (QED) is 0.903. The van der Waals surface area contributed by atoms with Gasteiger partial charge in [-0.05, 0) is 44.0 Å². The van der Waals surface area contributed by atoms with Crippen molar-refractivity contribution in [1.29, 1.82) is 0 Å². The molecule has 21 heavy (non-hydrogen) atoms. The molecule has 1 aromatic rings. The zero-order valence-corrected chi connectivity index (χ0v) is 14.4. The zero-order chi connectivity index (χ0) is 15.4. The van der Waals surface area contributed by atoms with E-state index in [0.29, 0.717) is 24.9 Å². The average Bonchev–Trinajstić information content (AvgIpc) is 2.43. The van der Waals surface area contributed by atoms with Crippen molar-refractivity contribution >= 4 is 21.8 Å². The van der Waals surface area contributed by atoms with Gasteiger partial charge in [0.1, 0.15) is 5.75 Å². The maximum atomic E-state index is 12.4. The van der Waals surface area contributed by atoms with Crippen molar-refractivity contribution in [3.8, 4) is 5.75 Å². The Morgan fingerprint density at radius 2 is 2.05 bits per heavy atom. The Kier molecular flexibility index (Phi) is 5.65. The van der Waals surface area contributed by atoms with Crippen LogP contribution in [0.1, 0.15) is 25.8 Å². The number of ether oxygens (including phenoxy) is 1. The zero-order valence-electron chi connectivity index (χ0n) is 12.9. The fourth-order valence-electron chi connectivity index (χ4n) is 2.87. The van der Waals surface area contributed by atoms with Crippen LogP contribution in [0.3, 0.4) is 0 Å². The van der Waals surface area contributed by atoms with E-state index in [-0.39, 0.29) is 5.91 Å². The number of piperazine rings is 1. The van der Waals surface area contributed by atoms with Gasteiger partial charge in [0.2, 0.25) is 5.91 Å². The lowest BCUT2D eigenvalue weighted by Gasteiger charge is -2.36. The summed E-state index contributed by atoms with van der Waals surface area (Å²) in [5.41, 5.74) is 1.07. The first-order chi connectivity index (χ1) is 9.99. The van der Waals surface area contributed by atoms with Crippen LogP contribution in [0, 0.1) is 0 Å². The standard InChI is InChI=1S/C16H23BrN2O2/c1-11-9-19(10-12(2)18-11)16(20)7-4-13-8-14(17)5-6-15(13)21-3/h5-6,8,11-12,18H,4,7,9-10H2,1-3H3/t11-,12-/m0/s1. The van der Waals surface area contributed by atoms with Crippen LogP contribution < -0.4 is 10.1 Å². The molecule has 0 spiro atoms. The lowest BCUT2D eigenvalue weighted by Crippen LogP contribution is -2.55. The molecule has 2 atom stereocenters. The van der Waals surface area contributed by atoms with E-state index in [1.807, 2.05) is 23.1 Å². The number of rotatable bonds is 4. The van der Waals surface area contributed by atoms with Gasteiger partial charge in [-0.15, -0.1) is 0 Å². The molecule has 1 amide bonds. The highest BCUT2D eigenvalue weighted by molar-refractivity contribution is 9.10. The Balaban J connectivity index is 1.96. The lowest BCUT2D eigenvalue weighted by atomic mass is 10.1. The maximum absolute atomic E-state index is 12.4. The predicted octanol–water partition coefficient (Wildman–Crippen LogP) is 2.60. The van der Waals surface area contributed by atoms with Crippen molar-refractivity contribution in [2.45, 2.75) is 38.8 Å². The minimum Gasteiger partial charge on any atom is -0.496 e. The number of hydrogen-bond donors (Lipinski definition) is 1. The summed E-state index contributed by atoms with van der Waals surface area (Å²) >= 11 is 3.47. The predicted molar refractivity (Wildman–Crippen MR) is 87.7 cm³/mol. The van der Waals surface area contributed by atoms with Gasteiger partial charge in [0.15, 0.2) is 0 Å². The maximum Gasteiger partial charge on any atom is 0.223 e. The molecular formula is C16H23BrN2O2. The van der Waals surface area contributed by atoms with E-state index in [2.05, 4.69) is 35.1 Å². The summed E-state index contributed by atoms with van der Waals surface area (Å²) in [4.78, 5) is 14.4. The number of aryl methyl sites for hydroxylation is 1. The number of nitrogens with zero attached hydrogens (tertiary/aromatic N) is 1. The number of halogens is 1. The Morgan fingerprint density at radius 3 is 2.67 bits per heavy atom. The van der Waals surface area contributed by atoms with Crippen molar-refractivity contribution in [3.63, 3.8) is 0 Å². The molecule has 4 nitrogen and oxygen atoms in total. The molecule has 1 aromatic carbocycles. The van der Waals surface area contributed by atoms with Crippen LogP contribution in [-0.2, 0) is 11.2 Å². The lowest BCUT2D eigenvalue weighted by molar-refractivity contribution is -0.132. The highest BCUT2D eigenvalue weighted by atomic mass is 79.9. The Labute approximate surface area is 135 Å². The molecule has 0 aromatic heterocycles. The van der Waals surface area contributed by atoms with Crippen LogP contribution in [0.15, 0.2) is 22.7 Å². The number of amides is 1. The third-order valence-corrected chi connectivity index (χ3v) is 4.25. The van der Waals surface area contributed by atoms with E-state index >= 15 is 0 Å². The second-order valence-electron chi connectivity index (χ2n) is 5.72. The Bertz CT molecular complexity index is 497. The van der Waals surface area contributed by atoms with Crippen molar-refractivity contribution in [1.82, 2.24) is 10.2 Å². The Morgan fingerprint density at radius 1 is 1.38 bits per heavy atom. The van der Waals surface area contributed by atoms with Crippen LogP contribution in [0.5, 0.6) is 5.75 Å². The largest absolute Gasteiger partial charge is 0.496 e. The second kappa shape index (κ2) is 7.27. The van der Waals surface area contributed by atoms with Gasteiger partial charge in [-0.1, -0.05) is 15.9 Å². The molecule has 116 valence electrons. The summed E-state index contributed by atoms with van der Waals surface area (Å²) in [5.74, 6) is 1.06. The fourth-order valence-corrected chi connectivity index (χ4v) is 3.28. The van der Waals surface area contributed by atoms with Gasteiger partial charge in [0.05, 0.1) is 7.11 Å². The SMILES string of the molecule is COc1ccc(Br)cc1CCC(=O)N1C[C@H](C)N[C@@H](C)C1. The molecule has 5 heteroatoms. The van der Waals surface area contributed by atoms with E-state index < -0.39 is 0 Å². The van der Waals surface area contributed by atoms with E-state index in [4.69, 9.17) is 4.74 Å². The molecule has 2 rings (SSSR count). The van der Waals surface area contributed by atoms with Gasteiger partial charge in [-0.3, -0.25) is 4.79 Å². The summed E-state index contributed by atoms with van der Waals surface area (Å²) in [6.45, 7) is 5.82. The molecule has 0 aliphatic carbocycles. The molecule has 0 bridgehead atoms. The average molecular weight is 355 g/mol. The summed E-state index contributed by atoms with van der Waals surface area (Å²) in [6.07, 6.45) is 1.22. The van der Waals surface area contributed by atoms with Crippen LogP contribution in [0.2, 0.25) is 0 Å². The topological polar surface area (TPSA) is 41.6 Å². The van der Waals surface area contributed by atoms with Gasteiger partial charge in [-0.2, -0.15) is 0 Å². The molecule has 1 aliphatic rings. The number of methoxy groups -OCH3 is 1. The number of nitrogens with one attached hydrogen (secondary N) is 1. The second-order valence-corrected chi connectivity index (χ2v) is 6.64. The number of carbonyl (C=O) groups excluding carboxylic acids is 1. The molecule has 1 fully saturated rings. The molecule has 1 N–H and O–H groups in total. The van der Waals surface area contributed by atoms with Crippen molar-refractivity contribution in [2.75, 3.05) is 20.2 Å². The molecule has 0 saturated carbocycles. The number of carbonyl (C=O) groups is 1. The summed E-state index contributed by atoms with van der Waals surface area (Å²) < 4.78 is 6.37. The first-order valence-electron chi connectivity index (χ1n) is 7.36. The van der Waals surface area contributed by atoms with Crippen molar-refractivity contribution in [3.05, 3.63) is 28.2 Å². The smallest absolute Gasteiger partial charge is 0.223 e. The normalized spacial score (nSPS) is 22.2. The number of benzene rings is 1. The summed E-state index contributed by atoms with van der Waals surface area (Å²) in [5, 5.41) is 3.44. The fraction of sp³-hybridized carbons (Fsp3) is 0.562. The van der Waals surface area contributed by atoms with E-state index in [1.54, 1.807) is 7.11 Å². The third kappa shape index (κ3) is 4.45. The molecular weight excluding hydrogens is 332 g/mol. The highest BCUT2D eigenvalue weighted by Gasteiger charge is 2.24. The van der Waals surface area contributed by atoms with Gasteiger partial charge >= 0.3 is 0 Å². The monoisotopic (exact) mass is 354 g/mol. The minimum atomic E-state index is 0.220. The first-order valence-corrected chi connectivity index (χ1v) is 8.15. The molecule has 1 aliphatic heterocycles. The van der Waals surface area contributed by atoms with Crippen LogP contribution >= 0.6 is 15.9 Å². The van der Waals surface area contributed by atoms with Crippen LogP contribution in [0.4, 0.5) is 0 Å². The van der Waals surface area contributed by atoms with Crippen molar-refractivity contribution in [2.24, 2.45) is 0 Å². The summed E-state index contributed by atoms with van der Waals surface area (Å²) in [7, 11) is 1.66. The van der Waals surface area contributed by atoms with Crippen molar-refractivity contribution < 1.29 is 9.53 Å². The minimum absolute atomic E-state index is 0.220. The van der Waals surface area contributed by atoms with Gasteiger partial charge < -0.3 is 15.0 Å². The van der Waals surface area contributed by atoms with E-state index in [0.717, 1.165) is 28.9 Å². The van der Waals surface area contributed by atoms with Gasteiger partial charge in [-0.25, -0.2) is 0 Å². The van der Waals surface area contributed by atoms with Crippen LogP contribution in [0.25, 0.3) is 0 Å². The Hall–Kier alpha value is -1.07. The summed E-state index contributed by atoms with van der Waals surface area (Å²) in [6, 6.07) is 6.62. The molecule has 1 saturated heterocycles. The highest BCUT2D eigenvalue weighted by Crippen LogP contribution is 2.24. The van der Waals surface area contributed by atoms with Crippen LogP contribution in [-0.4, -0.2) is 43.1 Å². The van der Waals surface area contributed by atoms with Gasteiger partial charge in [0.25, 0.3) is 0 Å².